The third-order valence-electron chi connectivity index (χ3n) is 8.46. The number of fused-ring (bicyclic) bond motifs is 2. The summed E-state index contributed by atoms with van der Waals surface area (Å²) in [4.78, 5) is 25.7. The first kappa shape index (κ1) is 29.4. The van der Waals surface area contributed by atoms with Crippen molar-refractivity contribution in [1.29, 1.82) is 0 Å². The van der Waals surface area contributed by atoms with Crippen LogP contribution in [0.15, 0.2) is 53.1 Å². The van der Waals surface area contributed by atoms with Crippen molar-refractivity contribution in [2.75, 3.05) is 13.7 Å². The number of aromatic nitrogens is 4. The quantitative estimate of drug-likeness (QED) is 0.159. The molecule has 2 aliphatic rings. The van der Waals surface area contributed by atoms with E-state index in [1.54, 1.807) is 18.2 Å². The number of ether oxygens (including phenoxy) is 3. The highest BCUT2D eigenvalue weighted by atomic mass is 35.5. The van der Waals surface area contributed by atoms with Crippen LogP contribution in [0, 0.1) is 17.7 Å². The maximum Gasteiger partial charge on any atom is 0.337 e. The fourth-order valence-electron chi connectivity index (χ4n) is 5.93. The molecule has 2 atom stereocenters. The molecule has 1 fully saturated rings. The number of benzene rings is 2. The van der Waals surface area contributed by atoms with Crippen LogP contribution in [-0.2, 0) is 29.0 Å². The number of hydrogen-bond donors (Lipinski definition) is 0. The average molecular weight is 635 g/mol. The SMILES string of the molecule is COC(=O)c1ccc2nc(CC3CC=C(c4ncc(F)c(OCc5ccc(Cl)c6cc(F)oc56)n4)CC3)n(C[C@@H]3CCO3)c2c1. The first-order chi connectivity index (χ1) is 21.9. The lowest BCUT2D eigenvalue weighted by Gasteiger charge is -2.28. The Morgan fingerprint density at radius 1 is 1.16 bits per heavy atom. The molecule has 1 saturated heterocycles. The molecule has 0 amide bonds. The Balaban J connectivity index is 1.07. The fourth-order valence-corrected chi connectivity index (χ4v) is 6.13. The van der Waals surface area contributed by atoms with Crippen molar-refractivity contribution in [2.45, 2.75) is 51.4 Å². The maximum atomic E-state index is 14.6. The Morgan fingerprint density at radius 3 is 2.78 bits per heavy atom. The van der Waals surface area contributed by atoms with Gasteiger partial charge in [0.05, 0.1) is 47.6 Å². The van der Waals surface area contributed by atoms with Crippen LogP contribution in [0.3, 0.4) is 0 Å². The summed E-state index contributed by atoms with van der Waals surface area (Å²) in [6.45, 7) is 1.33. The fraction of sp³-hybridized carbons (Fsp3) is 0.333. The second-order valence-electron chi connectivity index (χ2n) is 11.3. The molecule has 2 aromatic carbocycles. The third kappa shape index (κ3) is 5.89. The monoisotopic (exact) mass is 634 g/mol. The molecule has 5 aromatic rings. The summed E-state index contributed by atoms with van der Waals surface area (Å²) in [5.41, 5.74) is 3.86. The van der Waals surface area contributed by atoms with Gasteiger partial charge in [0, 0.05) is 30.0 Å². The van der Waals surface area contributed by atoms with Crippen molar-refractivity contribution >= 4 is 45.1 Å². The Morgan fingerprint density at radius 2 is 2.02 bits per heavy atom. The van der Waals surface area contributed by atoms with Gasteiger partial charge < -0.3 is 23.2 Å². The molecule has 0 bridgehead atoms. The van der Waals surface area contributed by atoms with Gasteiger partial charge in [-0.3, -0.25) is 0 Å². The van der Waals surface area contributed by atoms with Gasteiger partial charge in [0.1, 0.15) is 18.0 Å². The topological polar surface area (TPSA) is 102 Å². The van der Waals surface area contributed by atoms with E-state index in [0.717, 1.165) is 60.9 Å². The number of nitrogens with zero attached hydrogens (tertiary/aromatic N) is 4. The van der Waals surface area contributed by atoms with Gasteiger partial charge in [-0.1, -0.05) is 23.7 Å². The number of imidazole rings is 1. The molecular weight excluding hydrogens is 606 g/mol. The first-order valence-electron chi connectivity index (χ1n) is 14.8. The molecule has 9 nitrogen and oxygen atoms in total. The lowest BCUT2D eigenvalue weighted by atomic mass is 9.87. The van der Waals surface area contributed by atoms with Gasteiger partial charge in [-0.15, -0.1) is 0 Å². The standard InChI is InChI=1S/C33H29ClF2N4O5/c1-42-33(41)20-7-9-26-27(13-20)40(16-22-10-11-43-22)29(38-26)12-18-2-4-19(5-3-18)31-37-15-25(35)32(39-31)44-17-21-6-8-24(34)23-14-28(36)45-30(21)23/h4,6-9,13-15,18,22H,2-3,5,10-12,16-17H2,1H3/t18?,22-/m0/s1. The number of methoxy groups -OCH3 is 1. The van der Waals surface area contributed by atoms with Gasteiger partial charge >= 0.3 is 5.97 Å². The van der Waals surface area contributed by atoms with E-state index in [1.807, 2.05) is 12.1 Å². The minimum absolute atomic E-state index is 0.0941. The third-order valence-corrected chi connectivity index (χ3v) is 8.79. The molecule has 7 rings (SSSR count). The van der Waals surface area contributed by atoms with E-state index in [1.165, 1.54) is 13.2 Å². The van der Waals surface area contributed by atoms with Crippen molar-refractivity contribution in [3.8, 4) is 5.88 Å². The zero-order chi connectivity index (χ0) is 31.1. The molecular formula is C33H29ClF2N4O5. The normalized spacial score (nSPS) is 18.2. The van der Waals surface area contributed by atoms with Gasteiger partial charge in [0.15, 0.2) is 5.82 Å². The summed E-state index contributed by atoms with van der Waals surface area (Å²) < 4.78 is 52.0. The Labute approximate surface area is 261 Å². The van der Waals surface area contributed by atoms with Gasteiger partial charge in [-0.2, -0.15) is 13.8 Å². The molecule has 1 unspecified atom stereocenters. The molecule has 3 aromatic heterocycles. The van der Waals surface area contributed by atoms with E-state index in [9.17, 15) is 13.6 Å². The van der Waals surface area contributed by atoms with Crippen molar-refractivity contribution in [3.05, 3.63) is 88.3 Å². The summed E-state index contributed by atoms with van der Waals surface area (Å²) in [7, 11) is 1.37. The molecule has 4 heterocycles. The molecule has 0 radical (unpaired) electrons. The predicted molar refractivity (Wildman–Crippen MR) is 162 cm³/mol. The summed E-state index contributed by atoms with van der Waals surface area (Å²) in [6, 6.07) is 9.11. The molecule has 12 heteroatoms. The lowest BCUT2D eigenvalue weighted by molar-refractivity contribution is -0.0590. The van der Waals surface area contributed by atoms with E-state index < -0.39 is 11.8 Å². The molecule has 232 valence electrons. The zero-order valence-corrected chi connectivity index (χ0v) is 25.2. The lowest BCUT2D eigenvalue weighted by Crippen LogP contribution is -2.32. The van der Waals surface area contributed by atoms with E-state index in [2.05, 4.69) is 20.6 Å². The second-order valence-corrected chi connectivity index (χ2v) is 11.7. The molecule has 45 heavy (non-hydrogen) atoms. The Kier molecular flexibility index (Phi) is 7.97. The minimum Gasteiger partial charge on any atom is -0.470 e. The van der Waals surface area contributed by atoms with Crippen LogP contribution < -0.4 is 4.74 Å². The number of esters is 1. The van der Waals surface area contributed by atoms with Gasteiger partial charge in [-0.25, -0.2) is 14.8 Å². The Bertz CT molecular complexity index is 1950. The van der Waals surface area contributed by atoms with Crippen LogP contribution in [0.2, 0.25) is 5.02 Å². The largest absolute Gasteiger partial charge is 0.470 e. The Hall–Kier alpha value is -4.35. The molecule has 1 aliphatic carbocycles. The van der Waals surface area contributed by atoms with Crippen LogP contribution in [0.25, 0.3) is 27.6 Å². The molecule has 0 spiro atoms. The van der Waals surface area contributed by atoms with Crippen LogP contribution in [0.4, 0.5) is 8.78 Å². The van der Waals surface area contributed by atoms with Crippen molar-refractivity contribution in [2.24, 2.45) is 5.92 Å². The maximum absolute atomic E-state index is 14.6. The van der Waals surface area contributed by atoms with Crippen LogP contribution in [0.1, 0.15) is 53.3 Å². The highest BCUT2D eigenvalue weighted by molar-refractivity contribution is 6.35. The molecule has 1 aliphatic heterocycles. The zero-order valence-electron chi connectivity index (χ0n) is 24.4. The summed E-state index contributed by atoms with van der Waals surface area (Å²) in [5, 5.41) is 0.760. The summed E-state index contributed by atoms with van der Waals surface area (Å²) in [5.74, 6) is 0.391. The first-order valence-corrected chi connectivity index (χ1v) is 15.1. The number of allylic oxidation sites excluding steroid dienone is 2. The van der Waals surface area contributed by atoms with Crippen LogP contribution in [-0.4, -0.2) is 45.3 Å². The smallest absolute Gasteiger partial charge is 0.337 e. The van der Waals surface area contributed by atoms with Crippen molar-refractivity contribution in [1.82, 2.24) is 19.5 Å². The van der Waals surface area contributed by atoms with Gasteiger partial charge in [0.2, 0.25) is 5.82 Å². The highest BCUT2D eigenvalue weighted by Gasteiger charge is 2.25. The van der Waals surface area contributed by atoms with Crippen molar-refractivity contribution in [3.63, 3.8) is 0 Å². The highest BCUT2D eigenvalue weighted by Crippen LogP contribution is 2.34. The van der Waals surface area contributed by atoms with E-state index in [-0.39, 0.29) is 30.1 Å². The molecule has 0 N–H and O–H groups in total. The van der Waals surface area contributed by atoms with Crippen LogP contribution in [0.5, 0.6) is 5.88 Å². The van der Waals surface area contributed by atoms with Crippen molar-refractivity contribution < 1.29 is 32.2 Å². The van der Waals surface area contributed by atoms with E-state index in [4.69, 9.17) is 35.2 Å². The summed E-state index contributed by atoms with van der Waals surface area (Å²) in [6.07, 6.45) is 7.40. The van der Waals surface area contributed by atoms with Gasteiger partial charge in [-0.05, 0) is 61.4 Å². The van der Waals surface area contributed by atoms with Gasteiger partial charge in [0.25, 0.3) is 11.9 Å². The number of carbonyl (C=O) groups excluding carboxylic acids is 1. The molecule has 0 saturated carbocycles. The second kappa shape index (κ2) is 12.2. The van der Waals surface area contributed by atoms with E-state index in [0.29, 0.717) is 46.2 Å². The predicted octanol–water partition coefficient (Wildman–Crippen LogP) is 7.08. The number of halogens is 3. The van der Waals surface area contributed by atoms with E-state index >= 15 is 0 Å². The number of furan rings is 1. The number of rotatable bonds is 9. The average Bonchev–Trinajstić information content (AvgIpc) is 3.59. The van der Waals surface area contributed by atoms with Crippen LogP contribution >= 0.6 is 11.6 Å². The summed E-state index contributed by atoms with van der Waals surface area (Å²) >= 11 is 6.14. The minimum atomic E-state index is -0.769. The number of hydrogen-bond acceptors (Lipinski definition) is 8. The number of carbonyl (C=O) groups is 1.